The first-order chi connectivity index (χ1) is 13.2. The lowest BCUT2D eigenvalue weighted by Crippen LogP contribution is -2.49. The molecule has 0 aliphatic carbocycles. The average Bonchev–Trinajstić information content (AvgIpc) is 2.74. The van der Waals surface area contributed by atoms with E-state index in [0.29, 0.717) is 18.7 Å². The van der Waals surface area contributed by atoms with Gasteiger partial charge in [-0.15, -0.1) is 0 Å². The number of carbonyl (C=O) groups is 2. The Hall–Kier alpha value is -2.96. The van der Waals surface area contributed by atoms with Crippen LogP contribution in [0.3, 0.4) is 0 Å². The highest BCUT2D eigenvalue weighted by atomic mass is 16.2. The van der Waals surface area contributed by atoms with Gasteiger partial charge in [0.25, 0.3) is 5.91 Å². The van der Waals surface area contributed by atoms with Gasteiger partial charge < -0.3 is 15.1 Å². The van der Waals surface area contributed by atoms with Crippen LogP contribution >= 0.6 is 0 Å². The van der Waals surface area contributed by atoms with E-state index in [2.05, 4.69) is 20.2 Å². The largest absolute Gasteiger partial charge is 0.357 e. The van der Waals surface area contributed by atoms with Crippen LogP contribution in [0, 0.1) is 0 Å². The van der Waals surface area contributed by atoms with E-state index < -0.39 is 0 Å². The maximum absolute atomic E-state index is 12.7. The van der Waals surface area contributed by atoms with Crippen molar-refractivity contribution in [2.24, 2.45) is 0 Å². The van der Waals surface area contributed by atoms with Crippen LogP contribution in [0.2, 0.25) is 0 Å². The van der Waals surface area contributed by atoms with Gasteiger partial charge in [-0.2, -0.15) is 0 Å². The molecule has 0 unspecified atom stereocenters. The number of benzene rings is 1. The Balaban J connectivity index is 1.57. The zero-order valence-electron chi connectivity index (χ0n) is 15.2. The summed E-state index contributed by atoms with van der Waals surface area (Å²) in [6.07, 6.45) is 5.23. The zero-order chi connectivity index (χ0) is 18.6. The van der Waals surface area contributed by atoms with Gasteiger partial charge in [0.1, 0.15) is 12.1 Å². The molecule has 2 aromatic rings. The molecular weight excluding hydrogens is 342 g/mol. The molecular formula is C20H23N5O2. The fourth-order valence-electron chi connectivity index (χ4n) is 3.61. The first kappa shape index (κ1) is 17.5. The van der Waals surface area contributed by atoms with E-state index in [1.165, 1.54) is 19.3 Å². The minimum absolute atomic E-state index is 0.107. The maximum atomic E-state index is 12.7. The Morgan fingerprint density at radius 3 is 2.70 bits per heavy atom. The molecule has 1 aromatic carbocycles. The Kier molecular flexibility index (Phi) is 5.00. The predicted molar refractivity (Wildman–Crippen MR) is 102 cm³/mol. The van der Waals surface area contributed by atoms with E-state index in [9.17, 15) is 9.59 Å². The summed E-state index contributed by atoms with van der Waals surface area (Å²) >= 11 is 0. The lowest BCUT2D eigenvalue weighted by molar-refractivity contribution is -0.123. The number of anilines is 1. The van der Waals surface area contributed by atoms with Crippen LogP contribution in [-0.4, -0.2) is 59.4 Å². The minimum Gasteiger partial charge on any atom is -0.357 e. The van der Waals surface area contributed by atoms with Crippen LogP contribution in [0.1, 0.15) is 29.6 Å². The molecule has 0 saturated carbocycles. The number of piperazine rings is 1. The third-order valence-corrected chi connectivity index (χ3v) is 5.06. The van der Waals surface area contributed by atoms with Gasteiger partial charge in [0.2, 0.25) is 5.91 Å². The summed E-state index contributed by atoms with van der Waals surface area (Å²) < 4.78 is 0. The standard InChI is InChI=1S/C20H23N5O2/c26-19-13-25(10-7-21-19)20(27)16-6-4-5-15(11-16)17-12-18(23-14-22-17)24-8-2-1-3-9-24/h4-6,11-12,14H,1-3,7-10,13H2,(H,21,26). The fourth-order valence-corrected chi connectivity index (χ4v) is 3.61. The highest BCUT2D eigenvalue weighted by Crippen LogP contribution is 2.24. The molecule has 1 N–H and O–H groups in total. The maximum Gasteiger partial charge on any atom is 0.254 e. The first-order valence-electron chi connectivity index (χ1n) is 9.44. The zero-order valence-corrected chi connectivity index (χ0v) is 15.2. The lowest BCUT2D eigenvalue weighted by atomic mass is 10.1. The van der Waals surface area contributed by atoms with Crippen molar-refractivity contribution >= 4 is 17.6 Å². The molecule has 140 valence electrons. The molecule has 2 aliphatic heterocycles. The number of hydrogen-bond acceptors (Lipinski definition) is 5. The van der Waals surface area contributed by atoms with Gasteiger partial charge in [-0.3, -0.25) is 9.59 Å². The molecule has 1 aromatic heterocycles. The molecule has 0 spiro atoms. The smallest absolute Gasteiger partial charge is 0.254 e. The van der Waals surface area contributed by atoms with Crippen LogP contribution in [0.25, 0.3) is 11.3 Å². The van der Waals surface area contributed by atoms with Crippen LogP contribution in [0.15, 0.2) is 36.7 Å². The molecule has 7 heteroatoms. The second kappa shape index (κ2) is 7.73. The second-order valence-electron chi connectivity index (χ2n) is 6.97. The van der Waals surface area contributed by atoms with Crippen LogP contribution in [0.4, 0.5) is 5.82 Å². The van der Waals surface area contributed by atoms with Crippen LogP contribution in [0.5, 0.6) is 0 Å². The van der Waals surface area contributed by atoms with E-state index in [4.69, 9.17) is 0 Å². The number of carbonyl (C=O) groups excluding carboxylic acids is 2. The van der Waals surface area contributed by atoms with Crippen molar-refractivity contribution in [1.29, 1.82) is 0 Å². The fraction of sp³-hybridized carbons (Fsp3) is 0.400. The molecule has 0 radical (unpaired) electrons. The molecule has 2 aliphatic rings. The van der Waals surface area contributed by atoms with Gasteiger partial charge in [-0.25, -0.2) is 9.97 Å². The summed E-state index contributed by atoms with van der Waals surface area (Å²) in [5.41, 5.74) is 2.25. The van der Waals surface area contributed by atoms with Gasteiger partial charge in [-0.05, 0) is 31.4 Å². The summed E-state index contributed by atoms with van der Waals surface area (Å²) in [6, 6.07) is 9.42. The van der Waals surface area contributed by atoms with Crippen molar-refractivity contribution in [3.05, 3.63) is 42.2 Å². The van der Waals surface area contributed by atoms with Crippen molar-refractivity contribution in [1.82, 2.24) is 20.2 Å². The van der Waals surface area contributed by atoms with Gasteiger partial charge >= 0.3 is 0 Å². The third-order valence-electron chi connectivity index (χ3n) is 5.06. The average molecular weight is 365 g/mol. The quantitative estimate of drug-likeness (QED) is 0.896. The van der Waals surface area contributed by atoms with Crippen LogP contribution < -0.4 is 10.2 Å². The number of amides is 2. The number of nitrogens with zero attached hydrogens (tertiary/aromatic N) is 4. The normalized spacial score (nSPS) is 17.6. The van der Waals surface area contributed by atoms with Crippen molar-refractivity contribution in [3.8, 4) is 11.3 Å². The van der Waals surface area contributed by atoms with E-state index in [1.807, 2.05) is 24.3 Å². The first-order valence-corrected chi connectivity index (χ1v) is 9.44. The van der Waals surface area contributed by atoms with E-state index in [0.717, 1.165) is 30.2 Å². The minimum atomic E-state index is -0.128. The molecule has 0 atom stereocenters. The van der Waals surface area contributed by atoms with Crippen molar-refractivity contribution in [2.45, 2.75) is 19.3 Å². The molecule has 2 fully saturated rings. The number of hydrogen-bond donors (Lipinski definition) is 1. The molecule has 27 heavy (non-hydrogen) atoms. The Morgan fingerprint density at radius 2 is 1.89 bits per heavy atom. The van der Waals surface area contributed by atoms with Gasteiger partial charge in [0.15, 0.2) is 0 Å². The molecule has 4 rings (SSSR count). The van der Waals surface area contributed by atoms with Gasteiger partial charge in [0.05, 0.1) is 12.2 Å². The third kappa shape index (κ3) is 3.92. The Bertz CT molecular complexity index is 848. The van der Waals surface area contributed by atoms with E-state index >= 15 is 0 Å². The number of nitrogens with one attached hydrogen (secondary N) is 1. The molecule has 3 heterocycles. The molecule has 0 bridgehead atoms. The summed E-state index contributed by atoms with van der Waals surface area (Å²) in [7, 11) is 0. The molecule has 7 nitrogen and oxygen atoms in total. The van der Waals surface area contributed by atoms with Crippen LogP contribution in [-0.2, 0) is 4.79 Å². The Labute approximate surface area is 158 Å². The monoisotopic (exact) mass is 365 g/mol. The molecule has 2 saturated heterocycles. The van der Waals surface area contributed by atoms with Crippen molar-refractivity contribution < 1.29 is 9.59 Å². The SMILES string of the molecule is O=C1CN(C(=O)c2cccc(-c3cc(N4CCCCC4)ncn3)c2)CCN1. The van der Waals surface area contributed by atoms with Crippen molar-refractivity contribution in [2.75, 3.05) is 37.6 Å². The predicted octanol–water partition coefficient (Wildman–Crippen LogP) is 1.71. The number of rotatable bonds is 3. The van der Waals surface area contributed by atoms with E-state index in [-0.39, 0.29) is 18.4 Å². The summed E-state index contributed by atoms with van der Waals surface area (Å²) in [4.78, 5) is 37.0. The Morgan fingerprint density at radius 1 is 1.04 bits per heavy atom. The second-order valence-corrected chi connectivity index (χ2v) is 6.97. The van der Waals surface area contributed by atoms with Gasteiger partial charge in [0, 0.05) is 43.4 Å². The topological polar surface area (TPSA) is 78.4 Å². The lowest BCUT2D eigenvalue weighted by Gasteiger charge is -2.27. The van der Waals surface area contributed by atoms with Crippen molar-refractivity contribution in [3.63, 3.8) is 0 Å². The highest BCUT2D eigenvalue weighted by molar-refractivity contribution is 5.98. The number of aromatic nitrogens is 2. The van der Waals surface area contributed by atoms with Gasteiger partial charge in [-0.1, -0.05) is 12.1 Å². The summed E-state index contributed by atoms with van der Waals surface area (Å²) in [5, 5.41) is 2.74. The number of piperidine rings is 1. The van der Waals surface area contributed by atoms with E-state index in [1.54, 1.807) is 17.3 Å². The highest BCUT2D eigenvalue weighted by Gasteiger charge is 2.22. The molecule has 2 amide bonds. The summed E-state index contributed by atoms with van der Waals surface area (Å²) in [6.45, 7) is 3.17. The summed E-state index contributed by atoms with van der Waals surface area (Å²) in [5.74, 6) is 0.689.